The van der Waals surface area contributed by atoms with Crippen LogP contribution >= 0.6 is 0 Å². The van der Waals surface area contributed by atoms with E-state index in [0.717, 1.165) is 6.29 Å². The van der Waals surface area contributed by atoms with Crippen LogP contribution in [0.5, 0.6) is 0 Å². The predicted octanol–water partition coefficient (Wildman–Crippen LogP) is 1.03. The van der Waals surface area contributed by atoms with Crippen molar-refractivity contribution in [2.45, 2.75) is 26.2 Å². The lowest BCUT2D eigenvalue weighted by Crippen LogP contribution is -2.13. The second-order valence-corrected chi connectivity index (χ2v) is 4.66. The third-order valence-corrected chi connectivity index (χ3v) is 2.79. The maximum absolute atomic E-state index is 11.0. The summed E-state index contributed by atoms with van der Waals surface area (Å²) in [6, 6.07) is 0. The third kappa shape index (κ3) is 19.1. The van der Waals surface area contributed by atoms with Crippen molar-refractivity contribution in [2.75, 3.05) is 66.1 Å². The first-order chi connectivity index (χ1) is 11.3. The molecule has 23 heavy (non-hydrogen) atoms. The van der Waals surface area contributed by atoms with E-state index < -0.39 is 0 Å². The van der Waals surface area contributed by atoms with Crippen molar-refractivity contribution in [1.29, 1.82) is 0 Å². The Morgan fingerprint density at radius 2 is 1.09 bits per heavy atom. The predicted molar refractivity (Wildman–Crippen MR) is 84.7 cm³/mol. The van der Waals surface area contributed by atoms with Crippen molar-refractivity contribution >= 4 is 12.1 Å². The highest BCUT2D eigenvalue weighted by atomic mass is 16.6. The zero-order valence-electron chi connectivity index (χ0n) is 14.1. The summed E-state index contributed by atoms with van der Waals surface area (Å²) in [5.41, 5.74) is 0. The molecular weight excluding hydrogens is 304 g/mol. The molecule has 0 aromatic carbocycles. The summed E-state index contributed by atoms with van der Waals surface area (Å²) in [6.45, 7) is 6.75. The summed E-state index contributed by atoms with van der Waals surface area (Å²) in [5.74, 6) is 0.217. The van der Waals surface area contributed by atoms with Crippen molar-refractivity contribution in [3.8, 4) is 0 Å². The lowest BCUT2D eigenvalue weighted by Gasteiger charge is -2.07. The summed E-state index contributed by atoms with van der Waals surface area (Å²) in [6.07, 6.45) is 2.29. The van der Waals surface area contributed by atoms with Crippen LogP contribution in [-0.4, -0.2) is 78.1 Å². The number of Topliss-reactive ketones (excluding diaryl/α,β-unsaturated/α-hetero) is 1. The van der Waals surface area contributed by atoms with Gasteiger partial charge in [-0.2, -0.15) is 0 Å². The molecule has 0 heterocycles. The fourth-order valence-corrected chi connectivity index (χ4v) is 1.48. The molecule has 0 unspecified atom stereocenters. The molecule has 0 aliphatic rings. The van der Waals surface area contributed by atoms with Crippen molar-refractivity contribution in [1.82, 2.24) is 0 Å². The molecule has 0 N–H and O–H groups in total. The van der Waals surface area contributed by atoms with Crippen LogP contribution in [0.3, 0.4) is 0 Å². The Kier molecular flexibility index (Phi) is 18.5. The Balaban J connectivity index is 3.00. The average molecular weight is 334 g/mol. The van der Waals surface area contributed by atoms with E-state index in [1.165, 1.54) is 0 Å². The van der Waals surface area contributed by atoms with Crippen LogP contribution < -0.4 is 0 Å². The Hall–Kier alpha value is -0.860. The SMILES string of the molecule is CCC(=O)CCOCCOCCOCCOCCOCCC=O. The topological polar surface area (TPSA) is 80.3 Å². The van der Waals surface area contributed by atoms with Crippen LogP contribution in [0.4, 0.5) is 0 Å². The van der Waals surface area contributed by atoms with E-state index in [2.05, 4.69) is 0 Å². The van der Waals surface area contributed by atoms with E-state index in [1.54, 1.807) is 0 Å². The van der Waals surface area contributed by atoms with Gasteiger partial charge in [-0.05, 0) is 0 Å². The highest BCUT2D eigenvalue weighted by Gasteiger charge is 1.97. The van der Waals surface area contributed by atoms with Crippen LogP contribution in [0.25, 0.3) is 0 Å². The quantitative estimate of drug-likeness (QED) is 0.258. The van der Waals surface area contributed by atoms with Crippen LogP contribution in [0.2, 0.25) is 0 Å². The molecule has 0 atom stereocenters. The normalized spacial score (nSPS) is 10.8. The van der Waals surface area contributed by atoms with Gasteiger partial charge in [0.25, 0.3) is 0 Å². The minimum absolute atomic E-state index is 0.217. The number of rotatable bonds is 19. The molecule has 0 aromatic heterocycles. The van der Waals surface area contributed by atoms with Crippen LogP contribution in [0, 0.1) is 0 Å². The molecule has 0 amide bonds. The first kappa shape index (κ1) is 22.1. The van der Waals surface area contributed by atoms with Crippen LogP contribution in [0.15, 0.2) is 0 Å². The van der Waals surface area contributed by atoms with Gasteiger partial charge < -0.3 is 28.5 Å². The van der Waals surface area contributed by atoms with Crippen molar-refractivity contribution in [3.63, 3.8) is 0 Å². The minimum atomic E-state index is 0.217. The lowest BCUT2D eigenvalue weighted by atomic mass is 10.2. The van der Waals surface area contributed by atoms with E-state index in [9.17, 15) is 9.59 Å². The van der Waals surface area contributed by atoms with E-state index in [4.69, 9.17) is 23.7 Å². The fraction of sp³-hybridized carbons (Fsp3) is 0.875. The van der Waals surface area contributed by atoms with Gasteiger partial charge in [0, 0.05) is 19.3 Å². The number of carbonyl (C=O) groups excluding carboxylic acids is 2. The molecule has 0 radical (unpaired) electrons. The zero-order valence-corrected chi connectivity index (χ0v) is 14.1. The van der Waals surface area contributed by atoms with Gasteiger partial charge in [-0.3, -0.25) is 4.79 Å². The summed E-state index contributed by atoms with van der Waals surface area (Å²) in [5, 5.41) is 0. The first-order valence-electron chi connectivity index (χ1n) is 8.15. The summed E-state index contributed by atoms with van der Waals surface area (Å²) >= 11 is 0. The van der Waals surface area contributed by atoms with Gasteiger partial charge in [0.15, 0.2) is 0 Å². The number of hydrogen-bond donors (Lipinski definition) is 0. The van der Waals surface area contributed by atoms with Crippen molar-refractivity contribution in [2.24, 2.45) is 0 Å². The maximum atomic E-state index is 11.0. The Morgan fingerprint density at radius 3 is 1.48 bits per heavy atom. The van der Waals surface area contributed by atoms with E-state index in [-0.39, 0.29) is 5.78 Å². The van der Waals surface area contributed by atoms with Gasteiger partial charge in [-0.15, -0.1) is 0 Å². The summed E-state index contributed by atoms with van der Waals surface area (Å²) in [7, 11) is 0. The molecule has 0 fully saturated rings. The minimum Gasteiger partial charge on any atom is -0.379 e. The first-order valence-corrected chi connectivity index (χ1v) is 8.15. The van der Waals surface area contributed by atoms with E-state index in [1.807, 2.05) is 6.92 Å². The van der Waals surface area contributed by atoms with Gasteiger partial charge >= 0.3 is 0 Å². The smallest absolute Gasteiger partial charge is 0.134 e. The monoisotopic (exact) mass is 334 g/mol. The number of ketones is 1. The second kappa shape index (κ2) is 19.2. The number of carbonyl (C=O) groups is 2. The highest BCUT2D eigenvalue weighted by molar-refractivity contribution is 5.78. The van der Waals surface area contributed by atoms with E-state index in [0.29, 0.717) is 85.3 Å². The molecule has 0 rings (SSSR count). The Bertz CT molecular complexity index is 271. The molecule has 0 aliphatic heterocycles. The molecule has 0 spiro atoms. The van der Waals surface area contributed by atoms with Gasteiger partial charge in [-0.25, -0.2) is 0 Å². The molecule has 0 saturated heterocycles. The number of aldehydes is 1. The fourth-order valence-electron chi connectivity index (χ4n) is 1.48. The van der Waals surface area contributed by atoms with E-state index >= 15 is 0 Å². The molecule has 0 bridgehead atoms. The largest absolute Gasteiger partial charge is 0.379 e. The van der Waals surface area contributed by atoms with Crippen LogP contribution in [0.1, 0.15) is 26.2 Å². The molecule has 7 heteroatoms. The second-order valence-electron chi connectivity index (χ2n) is 4.66. The molecule has 136 valence electrons. The number of ether oxygens (including phenoxy) is 5. The van der Waals surface area contributed by atoms with Gasteiger partial charge in [-0.1, -0.05) is 6.92 Å². The van der Waals surface area contributed by atoms with Crippen molar-refractivity contribution in [3.05, 3.63) is 0 Å². The van der Waals surface area contributed by atoms with Gasteiger partial charge in [0.05, 0.1) is 66.1 Å². The number of hydrogen-bond acceptors (Lipinski definition) is 7. The summed E-state index contributed by atoms with van der Waals surface area (Å²) < 4.78 is 26.4. The van der Waals surface area contributed by atoms with Crippen molar-refractivity contribution < 1.29 is 33.3 Å². The Labute approximate surface area is 138 Å². The average Bonchev–Trinajstić information content (AvgIpc) is 2.57. The van der Waals surface area contributed by atoms with Gasteiger partial charge in [0.2, 0.25) is 0 Å². The molecule has 0 saturated carbocycles. The molecule has 0 aliphatic carbocycles. The Morgan fingerprint density at radius 1 is 0.696 bits per heavy atom. The van der Waals surface area contributed by atoms with Crippen LogP contribution in [-0.2, 0) is 33.3 Å². The summed E-state index contributed by atoms with van der Waals surface area (Å²) in [4.78, 5) is 21.0. The molecular formula is C16H30O7. The standard InChI is InChI=1S/C16H30O7/c1-2-16(18)4-7-20-9-11-22-13-15-23-14-12-21-10-8-19-6-3-5-17/h5H,2-4,6-15H2,1H3. The zero-order chi connectivity index (χ0) is 17.0. The molecule has 0 aromatic rings. The van der Waals surface area contributed by atoms with Gasteiger partial charge in [0.1, 0.15) is 12.1 Å². The highest BCUT2D eigenvalue weighted by Crippen LogP contribution is 1.90. The lowest BCUT2D eigenvalue weighted by molar-refractivity contribution is -0.120. The maximum Gasteiger partial charge on any atom is 0.134 e. The molecule has 7 nitrogen and oxygen atoms in total. The third-order valence-electron chi connectivity index (χ3n) is 2.79.